The van der Waals surface area contributed by atoms with Crippen LogP contribution >= 0.6 is 0 Å². The van der Waals surface area contributed by atoms with Crippen molar-refractivity contribution in [2.24, 2.45) is 11.3 Å². The molecule has 1 aromatic heterocycles. The number of nitrogens with zero attached hydrogens (tertiary/aromatic N) is 4. The van der Waals surface area contributed by atoms with Crippen LogP contribution in [0.25, 0.3) is 0 Å². The third kappa shape index (κ3) is 4.33. The monoisotopic (exact) mass is 416 g/mol. The molecule has 0 spiro atoms. The first-order valence-electron chi connectivity index (χ1n) is 11.7. The Morgan fingerprint density at radius 3 is 2.67 bits per heavy atom. The molecule has 7 nitrogen and oxygen atoms in total. The van der Waals surface area contributed by atoms with Crippen LogP contribution in [0.3, 0.4) is 0 Å². The number of carbonyl (C=O) groups is 1. The SMILES string of the molecule is CCCc1cnc(N2CC[C@@H]3C[C@H](N4CCOCC4)CC[C@@]3(C(=O)OCC)C2)nc1. The number of fused-ring (bicyclic) bond motifs is 1. The Morgan fingerprint density at radius 2 is 1.97 bits per heavy atom. The predicted molar refractivity (Wildman–Crippen MR) is 115 cm³/mol. The van der Waals surface area contributed by atoms with Crippen LogP contribution in [0.4, 0.5) is 5.95 Å². The summed E-state index contributed by atoms with van der Waals surface area (Å²) in [6.07, 6.45) is 9.93. The van der Waals surface area contributed by atoms with Crippen molar-refractivity contribution >= 4 is 11.9 Å². The van der Waals surface area contributed by atoms with E-state index in [9.17, 15) is 4.79 Å². The van der Waals surface area contributed by atoms with Crippen LogP contribution in [0.15, 0.2) is 12.4 Å². The van der Waals surface area contributed by atoms with Gasteiger partial charge in [-0.15, -0.1) is 0 Å². The highest BCUT2D eigenvalue weighted by atomic mass is 16.5. The first-order chi connectivity index (χ1) is 14.7. The smallest absolute Gasteiger partial charge is 0.314 e. The molecule has 0 amide bonds. The third-order valence-corrected chi connectivity index (χ3v) is 7.24. The number of aryl methyl sites for hydroxylation is 1. The topological polar surface area (TPSA) is 67.8 Å². The molecule has 0 aromatic carbocycles. The van der Waals surface area contributed by atoms with E-state index in [4.69, 9.17) is 9.47 Å². The molecule has 0 radical (unpaired) electrons. The summed E-state index contributed by atoms with van der Waals surface area (Å²) in [6, 6.07) is 0.553. The van der Waals surface area contributed by atoms with Crippen LogP contribution in [0.5, 0.6) is 0 Å². The van der Waals surface area contributed by atoms with Crippen molar-refractivity contribution < 1.29 is 14.3 Å². The fourth-order valence-electron chi connectivity index (χ4n) is 5.62. The summed E-state index contributed by atoms with van der Waals surface area (Å²) in [5.41, 5.74) is 0.727. The normalized spacial score (nSPS) is 30.0. The van der Waals surface area contributed by atoms with E-state index in [1.165, 1.54) is 5.56 Å². The number of hydrogen-bond donors (Lipinski definition) is 0. The average Bonchev–Trinajstić information content (AvgIpc) is 2.80. The van der Waals surface area contributed by atoms with E-state index in [1.54, 1.807) is 0 Å². The van der Waals surface area contributed by atoms with Gasteiger partial charge in [0.1, 0.15) is 0 Å². The van der Waals surface area contributed by atoms with E-state index in [2.05, 4.69) is 26.7 Å². The zero-order valence-corrected chi connectivity index (χ0v) is 18.5. The van der Waals surface area contributed by atoms with Crippen molar-refractivity contribution in [2.45, 2.75) is 58.4 Å². The summed E-state index contributed by atoms with van der Waals surface area (Å²) in [5, 5.41) is 0. The van der Waals surface area contributed by atoms with Crippen molar-refractivity contribution in [3.8, 4) is 0 Å². The van der Waals surface area contributed by atoms with Crippen LogP contribution in [-0.2, 0) is 20.7 Å². The summed E-state index contributed by atoms with van der Waals surface area (Å²) in [6.45, 7) is 9.72. The Bertz CT molecular complexity index is 707. The summed E-state index contributed by atoms with van der Waals surface area (Å²) in [5.74, 6) is 1.07. The molecule has 1 saturated carbocycles. The van der Waals surface area contributed by atoms with Gasteiger partial charge in [0.25, 0.3) is 0 Å². The molecule has 0 N–H and O–H groups in total. The second-order valence-electron chi connectivity index (χ2n) is 9.00. The molecule has 1 aromatic rings. The molecule has 4 rings (SSSR count). The number of aromatic nitrogens is 2. The van der Waals surface area contributed by atoms with Gasteiger partial charge in [0.2, 0.25) is 5.95 Å². The lowest BCUT2D eigenvalue weighted by Gasteiger charge is -2.52. The van der Waals surface area contributed by atoms with Gasteiger partial charge in [-0.3, -0.25) is 9.69 Å². The maximum absolute atomic E-state index is 13.2. The molecular weight excluding hydrogens is 380 g/mol. The van der Waals surface area contributed by atoms with Crippen LogP contribution in [0.1, 0.15) is 51.5 Å². The summed E-state index contributed by atoms with van der Waals surface area (Å²) < 4.78 is 11.2. The predicted octanol–water partition coefficient (Wildman–Crippen LogP) is 2.69. The maximum atomic E-state index is 13.2. The number of esters is 1. The molecule has 3 atom stereocenters. The number of rotatable bonds is 6. The number of carbonyl (C=O) groups excluding carboxylic acids is 1. The van der Waals surface area contributed by atoms with E-state index >= 15 is 0 Å². The van der Waals surface area contributed by atoms with Crippen LogP contribution in [0.2, 0.25) is 0 Å². The molecular formula is C23H36N4O3. The molecule has 3 heterocycles. The average molecular weight is 417 g/mol. The molecule has 2 aliphatic heterocycles. The van der Waals surface area contributed by atoms with Gasteiger partial charge in [-0.2, -0.15) is 0 Å². The fraction of sp³-hybridized carbons (Fsp3) is 0.783. The zero-order chi connectivity index (χ0) is 21.0. The van der Waals surface area contributed by atoms with E-state index in [0.29, 0.717) is 25.1 Å². The molecule has 166 valence electrons. The number of hydrogen-bond acceptors (Lipinski definition) is 7. The van der Waals surface area contributed by atoms with Gasteiger partial charge >= 0.3 is 5.97 Å². The van der Waals surface area contributed by atoms with E-state index in [0.717, 1.165) is 77.3 Å². The molecule has 1 aliphatic carbocycles. The first kappa shape index (κ1) is 21.5. The van der Waals surface area contributed by atoms with Crippen LogP contribution in [0, 0.1) is 11.3 Å². The lowest BCUT2D eigenvalue weighted by atomic mass is 9.61. The second-order valence-corrected chi connectivity index (χ2v) is 9.00. The lowest BCUT2D eigenvalue weighted by Crippen LogP contribution is -2.59. The van der Waals surface area contributed by atoms with Gasteiger partial charge in [-0.25, -0.2) is 9.97 Å². The lowest BCUT2D eigenvalue weighted by molar-refractivity contribution is -0.164. The molecule has 30 heavy (non-hydrogen) atoms. The summed E-state index contributed by atoms with van der Waals surface area (Å²) >= 11 is 0. The van der Waals surface area contributed by atoms with Gasteiger partial charge in [0, 0.05) is 44.6 Å². The highest BCUT2D eigenvalue weighted by molar-refractivity contribution is 5.78. The number of morpholine rings is 1. The third-order valence-electron chi connectivity index (χ3n) is 7.24. The Hall–Kier alpha value is -1.73. The number of piperidine rings is 1. The van der Waals surface area contributed by atoms with Crippen molar-refractivity contribution in [1.82, 2.24) is 14.9 Å². The minimum absolute atomic E-state index is 0.0252. The quantitative estimate of drug-likeness (QED) is 0.661. The largest absolute Gasteiger partial charge is 0.466 e. The van der Waals surface area contributed by atoms with Gasteiger partial charge in [-0.1, -0.05) is 13.3 Å². The zero-order valence-electron chi connectivity index (χ0n) is 18.5. The minimum Gasteiger partial charge on any atom is -0.466 e. The van der Waals surface area contributed by atoms with E-state index < -0.39 is 5.41 Å². The Morgan fingerprint density at radius 1 is 1.20 bits per heavy atom. The highest BCUT2D eigenvalue weighted by Gasteiger charge is 2.54. The van der Waals surface area contributed by atoms with Gasteiger partial charge in [0.05, 0.1) is 25.2 Å². The Kier molecular flexibility index (Phi) is 6.88. The van der Waals surface area contributed by atoms with E-state index in [1.807, 2.05) is 19.3 Å². The molecule has 3 fully saturated rings. The summed E-state index contributed by atoms with van der Waals surface area (Å²) in [7, 11) is 0. The highest BCUT2D eigenvalue weighted by Crippen LogP contribution is 2.48. The Balaban J connectivity index is 1.51. The maximum Gasteiger partial charge on any atom is 0.314 e. The summed E-state index contributed by atoms with van der Waals surface area (Å²) in [4.78, 5) is 27.3. The van der Waals surface area contributed by atoms with Crippen molar-refractivity contribution in [2.75, 3.05) is 50.9 Å². The minimum atomic E-state index is -0.442. The van der Waals surface area contributed by atoms with E-state index in [-0.39, 0.29) is 5.97 Å². The second kappa shape index (κ2) is 9.60. The molecule has 0 bridgehead atoms. The number of ether oxygens (including phenoxy) is 2. The van der Waals surface area contributed by atoms with Gasteiger partial charge in [-0.05, 0) is 50.5 Å². The van der Waals surface area contributed by atoms with Crippen molar-refractivity contribution in [3.63, 3.8) is 0 Å². The van der Waals surface area contributed by atoms with Crippen molar-refractivity contribution in [1.29, 1.82) is 0 Å². The van der Waals surface area contributed by atoms with Crippen LogP contribution < -0.4 is 4.90 Å². The number of anilines is 1. The first-order valence-corrected chi connectivity index (χ1v) is 11.7. The molecule has 3 aliphatic rings. The fourth-order valence-corrected chi connectivity index (χ4v) is 5.62. The van der Waals surface area contributed by atoms with Crippen molar-refractivity contribution in [3.05, 3.63) is 18.0 Å². The molecule has 7 heteroatoms. The standard InChI is InChI=1S/C23H36N4O3/c1-3-5-18-15-24-22(25-16-18)27-9-7-19-14-20(26-10-12-29-13-11-26)6-8-23(19,17-27)21(28)30-4-2/h15-16,19-20H,3-14,17H2,1-2H3/t19-,20-,23-/m1/s1. The molecule has 0 unspecified atom stereocenters. The molecule has 2 saturated heterocycles. The van der Waals surface area contributed by atoms with Crippen LogP contribution in [-0.4, -0.2) is 72.9 Å². The van der Waals surface area contributed by atoms with Gasteiger partial charge in [0.15, 0.2) is 0 Å². The van der Waals surface area contributed by atoms with Gasteiger partial charge < -0.3 is 14.4 Å². The Labute approximate surface area is 180 Å².